The number of rotatable bonds is 8. The van der Waals surface area contributed by atoms with Crippen molar-refractivity contribution in [3.05, 3.63) is 31.9 Å². The first kappa shape index (κ1) is 22.4. The zero-order valence-electron chi connectivity index (χ0n) is 17.2. The lowest BCUT2D eigenvalue weighted by Crippen LogP contribution is -2.22. The van der Waals surface area contributed by atoms with Crippen LogP contribution in [-0.4, -0.2) is 28.3 Å². The smallest absolute Gasteiger partial charge is 0.341 e. The Hall–Kier alpha value is -1.81. The number of amides is 1. The van der Waals surface area contributed by atoms with Crippen LogP contribution in [0.2, 0.25) is 0 Å². The van der Waals surface area contributed by atoms with Crippen LogP contribution in [0.3, 0.4) is 0 Å². The minimum atomic E-state index is -2.72. The Balaban J connectivity index is 1.57. The fraction of sp³-hybridized carbons (Fsp3) is 0.571. The first-order valence-corrected chi connectivity index (χ1v) is 12.2. The second kappa shape index (κ2) is 9.36. The molecule has 2 aromatic rings. The van der Waals surface area contributed by atoms with Gasteiger partial charge >= 0.3 is 5.97 Å². The summed E-state index contributed by atoms with van der Waals surface area (Å²) >= 11 is 4.65. The molecule has 0 atom stereocenters. The SMILES string of the molecule is CCCOC(=O)c1c(NC(=O)Cn2nc(C(F)F)c(Br)c2C2CC2)sc2c1CCCC2. The zero-order valence-corrected chi connectivity index (χ0v) is 19.6. The number of thiophene rings is 1. The standard InChI is InChI=1S/C21H24BrF2N3O3S/c1-2-9-30-21(29)15-12-5-3-4-6-13(12)31-20(15)25-14(28)10-27-18(11-7-8-11)16(22)17(26-27)19(23)24/h11,19H,2-10H2,1H3,(H,25,28). The second-order valence-corrected chi connectivity index (χ2v) is 9.81. The highest BCUT2D eigenvalue weighted by Gasteiger charge is 2.34. The normalized spacial score (nSPS) is 15.8. The number of halogens is 3. The van der Waals surface area contributed by atoms with Crippen molar-refractivity contribution in [1.29, 1.82) is 0 Å². The summed E-state index contributed by atoms with van der Waals surface area (Å²) in [6, 6.07) is 0. The van der Waals surface area contributed by atoms with Gasteiger partial charge < -0.3 is 10.1 Å². The van der Waals surface area contributed by atoms with Crippen LogP contribution in [0.25, 0.3) is 0 Å². The van der Waals surface area contributed by atoms with Crippen molar-refractivity contribution in [2.75, 3.05) is 11.9 Å². The topological polar surface area (TPSA) is 73.2 Å². The Morgan fingerprint density at radius 1 is 1.32 bits per heavy atom. The lowest BCUT2D eigenvalue weighted by atomic mass is 9.95. The molecule has 2 heterocycles. The zero-order chi connectivity index (χ0) is 22.1. The maximum atomic E-state index is 13.3. The van der Waals surface area contributed by atoms with E-state index < -0.39 is 18.3 Å². The summed E-state index contributed by atoms with van der Waals surface area (Å²) in [6.45, 7) is 2.05. The van der Waals surface area contributed by atoms with E-state index in [4.69, 9.17) is 4.74 Å². The van der Waals surface area contributed by atoms with Crippen LogP contribution in [0.4, 0.5) is 13.8 Å². The van der Waals surface area contributed by atoms with Gasteiger partial charge in [-0.25, -0.2) is 13.6 Å². The van der Waals surface area contributed by atoms with Gasteiger partial charge in [0.1, 0.15) is 17.2 Å². The number of esters is 1. The van der Waals surface area contributed by atoms with Gasteiger partial charge in [0, 0.05) is 10.8 Å². The van der Waals surface area contributed by atoms with Crippen molar-refractivity contribution in [1.82, 2.24) is 9.78 Å². The Morgan fingerprint density at radius 3 is 2.74 bits per heavy atom. The molecule has 0 radical (unpaired) electrons. The van der Waals surface area contributed by atoms with E-state index >= 15 is 0 Å². The van der Waals surface area contributed by atoms with Gasteiger partial charge in [0.2, 0.25) is 5.91 Å². The molecule has 2 aliphatic rings. The monoisotopic (exact) mass is 515 g/mol. The molecular formula is C21H24BrF2N3O3S. The lowest BCUT2D eigenvalue weighted by molar-refractivity contribution is -0.116. The van der Waals surface area contributed by atoms with Gasteiger partial charge in [0.05, 0.1) is 22.3 Å². The van der Waals surface area contributed by atoms with Gasteiger partial charge in [0.15, 0.2) is 0 Å². The molecule has 1 N–H and O–H groups in total. The number of carbonyl (C=O) groups is 2. The predicted molar refractivity (Wildman–Crippen MR) is 117 cm³/mol. The van der Waals surface area contributed by atoms with Gasteiger partial charge in [-0.2, -0.15) is 5.10 Å². The second-order valence-electron chi connectivity index (χ2n) is 7.92. The van der Waals surface area contributed by atoms with E-state index in [1.807, 2.05) is 6.92 Å². The molecule has 0 spiro atoms. The summed E-state index contributed by atoms with van der Waals surface area (Å²) in [4.78, 5) is 26.6. The first-order valence-electron chi connectivity index (χ1n) is 10.6. The number of nitrogens with one attached hydrogen (secondary N) is 1. The third-order valence-electron chi connectivity index (χ3n) is 5.49. The van der Waals surface area contributed by atoms with Crippen molar-refractivity contribution >= 4 is 44.1 Å². The average Bonchev–Trinajstić information content (AvgIpc) is 3.41. The number of nitrogens with zero attached hydrogens (tertiary/aromatic N) is 2. The van der Waals surface area contributed by atoms with Crippen LogP contribution in [0.15, 0.2) is 4.47 Å². The number of carbonyl (C=O) groups excluding carboxylic acids is 2. The Kier molecular flexibility index (Phi) is 6.76. The lowest BCUT2D eigenvalue weighted by Gasteiger charge is -2.13. The average molecular weight is 516 g/mol. The van der Waals surface area contributed by atoms with Crippen molar-refractivity contribution in [3.8, 4) is 0 Å². The number of hydrogen-bond donors (Lipinski definition) is 1. The first-order chi connectivity index (χ1) is 14.9. The largest absolute Gasteiger partial charge is 0.462 e. The van der Waals surface area contributed by atoms with Crippen LogP contribution in [0, 0.1) is 0 Å². The van der Waals surface area contributed by atoms with Crippen molar-refractivity contribution < 1.29 is 23.1 Å². The van der Waals surface area contributed by atoms with Crippen LogP contribution in [0.5, 0.6) is 0 Å². The van der Waals surface area contributed by atoms with Crippen LogP contribution >= 0.6 is 27.3 Å². The summed E-state index contributed by atoms with van der Waals surface area (Å²) in [5.74, 6) is -0.686. The quantitative estimate of drug-likeness (QED) is 0.464. The van der Waals surface area contributed by atoms with Gasteiger partial charge in [0.25, 0.3) is 6.43 Å². The van der Waals surface area contributed by atoms with E-state index in [9.17, 15) is 18.4 Å². The third kappa shape index (κ3) is 4.69. The van der Waals surface area contributed by atoms with Gasteiger partial charge in [-0.15, -0.1) is 11.3 Å². The maximum absolute atomic E-state index is 13.3. The highest BCUT2D eigenvalue weighted by Crippen LogP contribution is 2.45. The number of hydrogen-bond acceptors (Lipinski definition) is 5. The van der Waals surface area contributed by atoms with E-state index in [1.54, 1.807) is 0 Å². The fourth-order valence-corrected chi connectivity index (χ4v) is 5.99. The number of fused-ring (bicyclic) bond motifs is 1. The third-order valence-corrected chi connectivity index (χ3v) is 7.51. The Morgan fingerprint density at radius 2 is 2.06 bits per heavy atom. The molecular weight excluding hydrogens is 492 g/mol. The highest BCUT2D eigenvalue weighted by atomic mass is 79.9. The van der Waals surface area contributed by atoms with Gasteiger partial charge in [-0.3, -0.25) is 9.48 Å². The molecule has 31 heavy (non-hydrogen) atoms. The number of aromatic nitrogens is 2. The predicted octanol–water partition coefficient (Wildman–Crippen LogP) is 5.61. The summed E-state index contributed by atoms with van der Waals surface area (Å²) < 4.78 is 33.6. The summed E-state index contributed by atoms with van der Waals surface area (Å²) in [7, 11) is 0. The molecule has 2 aliphatic carbocycles. The summed E-state index contributed by atoms with van der Waals surface area (Å²) in [5.41, 5.74) is 1.70. The molecule has 2 aromatic heterocycles. The molecule has 0 saturated heterocycles. The maximum Gasteiger partial charge on any atom is 0.341 e. The fourth-order valence-electron chi connectivity index (χ4n) is 3.92. The van der Waals surface area contributed by atoms with E-state index in [0.717, 1.165) is 49.0 Å². The minimum absolute atomic E-state index is 0.135. The molecule has 168 valence electrons. The van der Waals surface area contributed by atoms with Crippen molar-refractivity contribution in [3.63, 3.8) is 0 Å². The van der Waals surface area contributed by atoms with Crippen LogP contribution in [0.1, 0.15) is 83.6 Å². The molecule has 1 amide bonds. The molecule has 1 saturated carbocycles. The number of alkyl halides is 2. The Labute approximate surface area is 191 Å². The Bertz CT molecular complexity index is 1000. The molecule has 0 unspecified atom stereocenters. The number of aryl methyl sites for hydroxylation is 1. The van der Waals surface area contributed by atoms with Gasteiger partial charge in [-0.1, -0.05) is 6.92 Å². The van der Waals surface area contributed by atoms with Crippen molar-refractivity contribution in [2.24, 2.45) is 0 Å². The molecule has 4 rings (SSSR count). The van der Waals surface area contributed by atoms with Gasteiger partial charge in [-0.05, 0) is 66.4 Å². The van der Waals surface area contributed by atoms with Crippen LogP contribution in [-0.2, 0) is 28.9 Å². The van der Waals surface area contributed by atoms with E-state index in [2.05, 4.69) is 26.3 Å². The molecule has 6 nitrogen and oxygen atoms in total. The molecule has 10 heteroatoms. The number of anilines is 1. The van der Waals surface area contributed by atoms with E-state index in [1.165, 1.54) is 16.0 Å². The van der Waals surface area contributed by atoms with E-state index in [0.29, 0.717) is 29.3 Å². The highest BCUT2D eigenvalue weighted by molar-refractivity contribution is 9.10. The summed E-state index contributed by atoms with van der Waals surface area (Å²) in [5, 5.41) is 7.30. The molecule has 0 aromatic carbocycles. The van der Waals surface area contributed by atoms with E-state index in [-0.39, 0.29) is 22.6 Å². The molecule has 0 aliphatic heterocycles. The number of ether oxygens (including phenoxy) is 1. The summed E-state index contributed by atoms with van der Waals surface area (Å²) in [6.07, 6.45) is 3.47. The van der Waals surface area contributed by atoms with Crippen LogP contribution < -0.4 is 5.32 Å². The molecule has 1 fully saturated rings. The molecule has 0 bridgehead atoms. The van der Waals surface area contributed by atoms with Crippen molar-refractivity contribution in [2.45, 2.75) is 70.8 Å². The minimum Gasteiger partial charge on any atom is -0.462 e.